The van der Waals surface area contributed by atoms with Gasteiger partial charge >= 0.3 is 0 Å². The lowest BCUT2D eigenvalue weighted by Crippen LogP contribution is -2.50. The zero-order valence-electron chi connectivity index (χ0n) is 9.49. The summed E-state index contributed by atoms with van der Waals surface area (Å²) in [6, 6.07) is 0.490. The Morgan fingerprint density at radius 2 is 2.07 bits per heavy atom. The molecule has 82 valence electrons. The first-order chi connectivity index (χ1) is 7.16. The highest BCUT2D eigenvalue weighted by Gasteiger charge is 2.18. The van der Waals surface area contributed by atoms with Crippen LogP contribution in [0.25, 0.3) is 0 Å². The Hall–Kier alpha value is -1.23. The molecule has 0 aliphatic carbocycles. The van der Waals surface area contributed by atoms with Crippen LogP contribution < -0.4 is 10.2 Å². The summed E-state index contributed by atoms with van der Waals surface area (Å²) in [6.07, 6.45) is 0. The number of aromatic nitrogens is 3. The van der Waals surface area contributed by atoms with Crippen molar-refractivity contribution in [3.05, 3.63) is 11.4 Å². The van der Waals surface area contributed by atoms with Gasteiger partial charge in [-0.2, -0.15) is 5.10 Å². The average molecular weight is 207 g/mol. The summed E-state index contributed by atoms with van der Waals surface area (Å²) in [5.74, 6) is 0.756. The Balaban J connectivity index is 2.18. The molecule has 1 aliphatic heterocycles. The van der Waals surface area contributed by atoms with Gasteiger partial charge in [-0.3, -0.25) is 0 Å². The van der Waals surface area contributed by atoms with E-state index in [0.717, 1.165) is 37.0 Å². The molecule has 5 heteroatoms. The van der Waals surface area contributed by atoms with E-state index in [0.29, 0.717) is 6.04 Å². The zero-order chi connectivity index (χ0) is 10.8. The van der Waals surface area contributed by atoms with Crippen LogP contribution in [0.4, 0.5) is 5.95 Å². The number of nitrogens with zero attached hydrogens (tertiary/aromatic N) is 4. The van der Waals surface area contributed by atoms with Crippen molar-refractivity contribution in [2.45, 2.75) is 26.8 Å². The molecule has 1 fully saturated rings. The molecule has 0 radical (unpaired) electrons. The molecular formula is C10H17N5. The molecule has 0 saturated carbocycles. The van der Waals surface area contributed by atoms with E-state index < -0.39 is 0 Å². The molecule has 1 atom stereocenters. The summed E-state index contributed by atoms with van der Waals surface area (Å²) in [7, 11) is 0. The summed E-state index contributed by atoms with van der Waals surface area (Å²) >= 11 is 0. The van der Waals surface area contributed by atoms with Crippen molar-refractivity contribution in [1.29, 1.82) is 0 Å². The third kappa shape index (κ3) is 2.23. The Kier molecular flexibility index (Phi) is 2.81. The molecule has 2 heterocycles. The van der Waals surface area contributed by atoms with Gasteiger partial charge in [0.2, 0.25) is 5.95 Å². The number of hydrogen-bond donors (Lipinski definition) is 1. The quantitative estimate of drug-likeness (QED) is 0.717. The summed E-state index contributed by atoms with van der Waals surface area (Å²) in [5, 5.41) is 11.6. The van der Waals surface area contributed by atoms with Gasteiger partial charge < -0.3 is 10.2 Å². The molecule has 1 saturated heterocycles. The second-order valence-corrected chi connectivity index (χ2v) is 4.08. The van der Waals surface area contributed by atoms with Gasteiger partial charge in [-0.25, -0.2) is 4.98 Å². The Bertz CT molecular complexity index is 352. The van der Waals surface area contributed by atoms with Crippen LogP contribution in [0.5, 0.6) is 0 Å². The molecule has 1 N–H and O–H groups in total. The van der Waals surface area contributed by atoms with Gasteiger partial charge in [-0.05, 0) is 20.8 Å². The molecule has 2 rings (SSSR count). The van der Waals surface area contributed by atoms with E-state index in [1.54, 1.807) is 0 Å². The third-order valence-corrected chi connectivity index (χ3v) is 2.73. The minimum Gasteiger partial charge on any atom is -0.337 e. The van der Waals surface area contributed by atoms with Crippen LogP contribution in [0.15, 0.2) is 0 Å². The summed E-state index contributed by atoms with van der Waals surface area (Å²) in [5.41, 5.74) is 1.87. The van der Waals surface area contributed by atoms with Crippen LogP contribution >= 0.6 is 0 Å². The summed E-state index contributed by atoms with van der Waals surface area (Å²) < 4.78 is 0. The standard InChI is InChI=1S/C10H17N5/c1-7-6-15(5-4-11-7)10-12-8(2)9(3)13-14-10/h7,11H,4-6H2,1-3H3/t7-/m0/s1. The average Bonchev–Trinajstić information content (AvgIpc) is 2.22. The molecule has 1 aliphatic rings. The van der Waals surface area contributed by atoms with Gasteiger partial charge in [0.05, 0.1) is 11.4 Å². The first-order valence-electron chi connectivity index (χ1n) is 5.33. The molecule has 5 nitrogen and oxygen atoms in total. The second-order valence-electron chi connectivity index (χ2n) is 4.08. The van der Waals surface area contributed by atoms with Crippen LogP contribution in [0, 0.1) is 13.8 Å². The summed E-state index contributed by atoms with van der Waals surface area (Å²) in [4.78, 5) is 6.64. The number of hydrogen-bond acceptors (Lipinski definition) is 5. The van der Waals surface area contributed by atoms with Crippen molar-refractivity contribution in [3.8, 4) is 0 Å². The van der Waals surface area contributed by atoms with Gasteiger partial charge in [0.25, 0.3) is 0 Å². The first-order valence-corrected chi connectivity index (χ1v) is 5.33. The SMILES string of the molecule is Cc1nnc(N2CCN[C@@H](C)C2)nc1C. The molecule has 1 aromatic rings. The fourth-order valence-electron chi connectivity index (χ4n) is 1.69. The largest absolute Gasteiger partial charge is 0.337 e. The minimum atomic E-state index is 0.490. The van der Waals surface area contributed by atoms with Gasteiger partial charge in [-0.1, -0.05) is 0 Å². The fraction of sp³-hybridized carbons (Fsp3) is 0.700. The molecular weight excluding hydrogens is 190 g/mol. The van der Waals surface area contributed by atoms with Crippen molar-refractivity contribution in [1.82, 2.24) is 20.5 Å². The highest BCUT2D eigenvalue weighted by molar-refractivity contribution is 5.31. The van der Waals surface area contributed by atoms with Crippen LogP contribution in [0.2, 0.25) is 0 Å². The Morgan fingerprint density at radius 1 is 1.27 bits per heavy atom. The maximum absolute atomic E-state index is 4.46. The van der Waals surface area contributed by atoms with Crippen molar-refractivity contribution < 1.29 is 0 Å². The van der Waals surface area contributed by atoms with Crippen molar-refractivity contribution in [2.75, 3.05) is 24.5 Å². The predicted molar refractivity (Wildman–Crippen MR) is 59.0 cm³/mol. The molecule has 0 bridgehead atoms. The molecule has 15 heavy (non-hydrogen) atoms. The highest BCUT2D eigenvalue weighted by atomic mass is 15.3. The lowest BCUT2D eigenvalue weighted by molar-refractivity contribution is 0.477. The van der Waals surface area contributed by atoms with Crippen LogP contribution in [-0.2, 0) is 0 Å². The maximum Gasteiger partial charge on any atom is 0.245 e. The molecule has 0 aromatic carbocycles. The zero-order valence-corrected chi connectivity index (χ0v) is 9.49. The van der Waals surface area contributed by atoms with Crippen molar-refractivity contribution in [2.24, 2.45) is 0 Å². The lowest BCUT2D eigenvalue weighted by atomic mass is 10.2. The normalized spacial score (nSPS) is 21.8. The van der Waals surface area contributed by atoms with E-state index in [2.05, 4.69) is 32.3 Å². The van der Waals surface area contributed by atoms with Crippen LogP contribution in [0.3, 0.4) is 0 Å². The molecule has 0 spiro atoms. The number of nitrogens with one attached hydrogen (secondary N) is 1. The molecule has 1 aromatic heterocycles. The van der Waals surface area contributed by atoms with E-state index in [4.69, 9.17) is 0 Å². The van der Waals surface area contributed by atoms with Crippen LogP contribution in [-0.4, -0.2) is 40.9 Å². The van der Waals surface area contributed by atoms with E-state index in [1.807, 2.05) is 13.8 Å². The highest BCUT2D eigenvalue weighted by Crippen LogP contribution is 2.10. The van der Waals surface area contributed by atoms with Gasteiger partial charge in [-0.15, -0.1) is 5.10 Å². The maximum atomic E-state index is 4.46. The van der Waals surface area contributed by atoms with Crippen LogP contribution in [0.1, 0.15) is 18.3 Å². The lowest BCUT2D eigenvalue weighted by Gasteiger charge is -2.31. The predicted octanol–water partition coefficient (Wildman–Crippen LogP) is 0.287. The number of piperazine rings is 1. The number of aryl methyl sites for hydroxylation is 2. The van der Waals surface area contributed by atoms with Gasteiger partial charge in [0.1, 0.15) is 0 Å². The fourth-order valence-corrected chi connectivity index (χ4v) is 1.69. The minimum absolute atomic E-state index is 0.490. The van der Waals surface area contributed by atoms with Gasteiger partial charge in [0, 0.05) is 25.7 Å². The Morgan fingerprint density at radius 3 is 2.73 bits per heavy atom. The van der Waals surface area contributed by atoms with Crippen molar-refractivity contribution in [3.63, 3.8) is 0 Å². The number of anilines is 1. The van der Waals surface area contributed by atoms with E-state index in [1.165, 1.54) is 0 Å². The summed E-state index contributed by atoms with van der Waals surface area (Å²) in [6.45, 7) is 8.95. The molecule has 0 unspecified atom stereocenters. The first kappa shape index (κ1) is 10.3. The topological polar surface area (TPSA) is 53.9 Å². The van der Waals surface area contributed by atoms with E-state index in [9.17, 15) is 0 Å². The van der Waals surface area contributed by atoms with Gasteiger partial charge in [0.15, 0.2) is 0 Å². The van der Waals surface area contributed by atoms with E-state index >= 15 is 0 Å². The Labute approximate surface area is 89.9 Å². The second kappa shape index (κ2) is 4.10. The van der Waals surface area contributed by atoms with Crippen molar-refractivity contribution >= 4 is 5.95 Å². The molecule has 0 amide bonds. The third-order valence-electron chi connectivity index (χ3n) is 2.73. The van der Waals surface area contributed by atoms with E-state index in [-0.39, 0.29) is 0 Å². The smallest absolute Gasteiger partial charge is 0.245 e. The number of rotatable bonds is 1. The monoisotopic (exact) mass is 207 g/mol.